The second-order valence-corrected chi connectivity index (χ2v) is 1.33. The van der Waals surface area contributed by atoms with Gasteiger partial charge in [0.25, 0.3) is 0 Å². The molecule has 0 aliphatic carbocycles. The lowest BCUT2D eigenvalue weighted by molar-refractivity contribution is -0.107. The smallest absolute Gasteiger partial charge is 0.124 e. The highest BCUT2D eigenvalue weighted by molar-refractivity contribution is 5.53. The third-order valence-corrected chi connectivity index (χ3v) is 0.691. The van der Waals surface area contributed by atoms with Crippen molar-refractivity contribution in [3.05, 3.63) is 17.9 Å². The fourth-order valence-electron chi connectivity index (χ4n) is 0.197. The van der Waals surface area contributed by atoms with Crippen LogP contribution < -0.4 is 0 Å². The van der Waals surface area contributed by atoms with Gasteiger partial charge in [-0.25, -0.2) is 0 Å². The predicted molar refractivity (Wildman–Crippen MR) is 29.0 cm³/mol. The van der Waals surface area contributed by atoms with E-state index in [0.29, 0.717) is 6.42 Å². The van der Waals surface area contributed by atoms with Crippen molar-refractivity contribution >= 4 is 6.29 Å². The molecule has 1 nitrogen and oxygen atoms in total. The molecule has 0 fully saturated rings. The molecule has 0 N–H and O–H groups in total. The van der Waals surface area contributed by atoms with Gasteiger partial charge in [-0.2, -0.15) is 0 Å². The molecule has 0 aliphatic heterocycles. The van der Waals surface area contributed by atoms with Gasteiger partial charge in [0.1, 0.15) is 6.29 Å². The van der Waals surface area contributed by atoms with Gasteiger partial charge < -0.3 is 4.79 Å². The Morgan fingerprint density at radius 3 is 2.71 bits per heavy atom. The summed E-state index contributed by atoms with van der Waals surface area (Å²) in [5.74, 6) is 0. The first-order valence-corrected chi connectivity index (χ1v) is 2.10. The van der Waals surface area contributed by atoms with Crippen molar-refractivity contribution in [3.63, 3.8) is 0 Å². The summed E-state index contributed by atoms with van der Waals surface area (Å²) in [6.07, 6.45) is 1.30. The van der Waals surface area contributed by atoms with E-state index in [1.54, 1.807) is 0 Å². The number of carbonyl (C=O) groups excluding carboxylic acids is 1. The second-order valence-electron chi connectivity index (χ2n) is 1.33. The molecule has 0 aromatic heterocycles. The minimum absolute atomic E-state index is 0.462. The highest BCUT2D eigenvalue weighted by Crippen LogP contribution is 1.89. The van der Waals surface area contributed by atoms with Crippen molar-refractivity contribution in [3.8, 4) is 0 Å². The highest BCUT2D eigenvalue weighted by atomic mass is 16.1. The molecule has 0 saturated heterocycles. The number of rotatable bonds is 2. The molecule has 0 radical (unpaired) electrons. The molecule has 0 aliphatic rings. The first-order valence-electron chi connectivity index (χ1n) is 2.10. The average molecular weight is 96.1 g/mol. The molecule has 38 valence electrons. The maximum Gasteiger partial charge on any atom is 0.124 e. The summed E-state index contributed by atoms with van der Waals surface area (Å²) < 4.78 is 0. The molecule has 0 aromatic carbocycles. The van der Waals surface area contributed by atoms with Gasteiger partial charge in [0.05, 0.1) is 0 Å². The Kier molecular flexibility index (Phi) is 2.99. The summed E-state index contributed by atoms with van der Waals surface area (Å²) in [7, 11) is 0. The summed E-state index contributed by atoms with van der Waals surface area (Å²) in [6.45, 7) is 5.18. The van der Waals surface area contributed by atoms with Crippen LogP contribution in [0.25, 0.3) is 0 Å². The van der Waals surface area contributed by atoms with Gasteiger partial charge in [-0.3, -0.25) is 0 Å². The van der Waals surface area contributed by atoms with E-state index in [-0.39, 0.29) is 0 Å². The lowest BCUT2D eigenvalue weighted by Crippen LogP contribution is -1.72. The number of hydrogen-bond acceptors (Lipinski definition) is 1. The van der Waals surface area contributed by atoms with Crippen molar-refractivity contribution in [2.24, 2.45) is 0 Å². The summed E-state index contributed by atoms with van der Waals surface area (Å²) in [5.41, 5.74) is 3.50. The minimum Gasteiger partial charge on any atom is -0.303 e. The lowest BCUT2D eigenvalue weighted by atomic mass is 10.2. The largest absolute Gasteiger partial charge is 0.303 e. The normalized spacial score (nSPS) is 7.00. The van der Waals surface area contributed by atoms with E-state index >= 15 is 0 Å². The van der Waals surface area contributed by atoms with Gasteiger partial charge in [-0.15, -0.1) is 5.73 Å². The van der Waals surface area contributed by atoms with Crippen LogP contribution in [0.1, 0.15) is 13.3 Å². The summed E-state index contributed by atoms with van der Waals surface area (Å²) in [4.78, 5) is 9.69. The van der Waals surface area contributed by atoms with E-state index in [1.165, 1.54) is 0 Å². The van der Waals surface area contributed by atoms with E-state index in [2.05, 4.69) is 12.3 Å². The first kappa shape index (κ1) is 6.19. The summed E-state index contributed by atoms with van der Waals surface area (Å²) >= 11 is 0. The zero-order valence-corrected chi connectivity index (χ0v) is 4.40. The first-order chi connectivity index (χ1) is 3.31. The van der Waals surface area contributed by atoms with Crippen LogP contribution in [-0.2, 0) is 4.79 Å². The Bertz CT molecular complexity index is 107. The van der Waals surface area contributed by atoms with E-state index in [4.69, 9.17) is 0 Å². The van der Waals surface area contributed by atoms with Crippen molar-refractivity contribution in [2.75, 3.05) is 0 Å². The molecule has 1 heteroatoms. The Morgan fingerprint density at radius 1 is 2.00 bits per heavy atom. The van der Waals surface area contributed by atoms with Crippen molar-refractivity contribution < 1.29 is 4.79 Å². The Balaban J connectivity index is 3.58. The maximum absolute atomic E-state index is 9.69. The zero-order valence-electron chi connectivity index (χ0n) is 4.40. The van der Waals surface area contributed by atoms with Crippen LogP contribution in [0.5, 0.6) is 0 Å². The fraction of sp³-hybridized carbons (Fsp3) is 0.333. The van der Waals surface area contributed by atoms with Crippen molar-refractivity contribution in [1.82, 2.24) is 0 Å². The van der Waals surface area contributed by atoms with E-state index in [9.17, 15) is 4.79 Å². The number of carbonyl (C=O) groups is 1. The molecule has 0 rings (SSSR count). The second kappa shape index (κ2) is 3.38. The van der Waals surface area contributed by atoms with Gasteiger partial charge in [-0.05, 0) is 12.5 Å². The van der Waals surface area contributed by atoms with Crippen LogP contribution >= 0.6 is 0 Å². The van der Waals surface area contributed by atoms with Gasteiger partial charge >= 0.3 is 0 Å². The fourth-order valence-corrected chi connectivity index (χ4v) is 0.197. The molecule has 0 bridgehead atoms. The monoisotopic (exact) mass is 96.1 g/mol. The van der Waals surface area contributed by atoms with Crippen molar-refractivity contribution in [1.29, 1.82) is 0 Å². The molecular weight excluding hydrogens is 88.1 g/mol. The van der Waals surface area contributed by atoms with Crippen LogP contribution in [0.4, 0.5) is 0 Å². The molecule has 7 heavy (non-hydrogen) atoms. The van der Waals surface area contributed by atoms with Gasteiger partial charge in [0.2, 0.25) is 0 Å². The molecule has 0 saturated carbocycles. The topological polar surface area (TPSA) is 17.1 Å². The van der Waals surface area contributed by atoms with Crippen LogP contribution in [0.15, 0.2) is 17.9 Å². The van der Waals surface area contributed by atoms with Crippen molar-refractivity contribution in [2.45, 2.75) is 13.3 Å². The number of hydrogen-bond donors (Lipinski definition) is 0. The number of allylic oxidation sites excluding steroid dienone is 1. The molecule has 0 heterocycles. The molecular formula is C6H8O. The predicted octanol–water partition coefficient (Wildman–Crippen LogP) is 1.31. The van der Waals surface area contributed by atoms with Crippen LogP contribution in [-0.4, -0.2) is 6.29 Å². The van der Waals surface area contributed by atoms with Gasteiger partial charge in [0.15, 0.2) is 0 Å². The van der Waals surface area contributed by atoms with Crippen LogP contribution in [0, 0.1) is 0 Å². The minimum atomic E-state index is 0.462. The molecule has 0 aromatic rings. The average Bonchev–Trinajstić information content (AvgIpc) is 1.68. The Labute approximate surface area is 43.3 Å². The maximum atomic E-state index is 9.69. The van der Waals surface area contributed by atoms with E-state index in [1.807, 2.05) is 6.92 Å². The van der Waals surface area contributed by atoms with Crippen LogP contribution in [0.3, 0.4) is 0 Å². The third-order valence-electron chi connectivity index (χ3n) is 0.691. The lowest BCUT2D eigenvalue weighted by Gasteiger charge is -1.79. The highest BCUT2D eigenvalue weighted by Gasteiger charge is 1.79. The summed E-state index contributed by atoms with van der Waals surface area (Å²) in [5, 5.41) is 0. The molecule has 0 amide bonds. The van der Waals surface area contributed by atoms with Gasteiger partial charge in [0, 0.05) is 6.42 Å². The molecule has 0 spiro atoms. The zero-order chi connectivity index (χ0) is 5.70. The third kappa shape index (κ3) is 3.01. The molecule has 0 unspecified atom stereocenters. The standard InChI is InChI=1S/C6H8O/c1-3-6(2)4-5-7/h5H,1,4H2,2H3. The van der Waals surface area contributed by atoms with Crippen LogP contribution in [0.2, 0.25) is 0 Å². The van der Waals surface area contributed by atoms with Gasteiger partial charge in [-0.1, -0.05) is 6.58 Å². The Hall–Kier alpha value is -0.810. The Morgan fingerprint density at radius 2 is 2.57 bits per heavy atom. The number of aldehydes is 1. The SMILES string of the molecule is C=C=C(C)CC=O. The van der Waals surface area contributed by atoms with E-state index < -0.39 is 0 Å². The van der Waals surface area contributed by atoms with E-state index in [0.717, 1.165) is 11.9 Å². The summed E-state index contributed by atoms with van der Waals surface area (Å²) in [6, 6.07) is 0. The quantitative estimate of drug-likeness (QED) is 0.374. The molecule has 0 atom stereocenters.